The Morgan fingerprint density at radius 1 is 1.14 bits per heavy atom. The van der Waals surface area contributed by atoms with Crippen LogP contribution in [-0.4, -0.2) is 39.0 Å². The minimum atomic E-state index is -0.268. The fraction of sp³-hybridized carbons (Fsp3) is 0.381. The number of carbonyl (C=O) groups excluding carboxylic acids is 1. The molecule has 152 valence electrons. The largest absolute Gasteiger partial charge is 0.350 e. The van der Waals surface area contributed by atoms with Crippen LogP contribution in [0.1, 0.15) is 31.1 Å². The zero-order chi connectivity index (χ0) is 20.1. The lowest BCUT2D eigenvalue weighted by atomic mass is 10.1. The van der Waals surface area contributed by atoms with E-state index in [1.807, 2.05) is 42.6 Å². The summed E-state index contributed by atoms with van der Waals surface area (Å²) in [5.74, 6) is 0.870. The van der Waals surface area contributed by atoms with E-state index in [0.29, 0.717) is 6.54 Å². The van der Waals surface area contributed by atoms with Crippen molar-refractivity contribution in [1.29, 1.82) is 0 Å². The Kier molecular flexibility index (Phi) is 6.51. The van der Waals surface area contributed by atoms with Gasteiger partial charge in [0.1, 0.15) is 0 Å². The average Bonchev–Trinajstić information content (AvgIpc) is 3.43. The number of anilines is 1. The second-order valence-electron chi connectivity index (χ2n) is 7.06. The van der Waals surface area contributed by atoms with E-state index in [-0.39, 0.29) is 11.2 Å². The fourth-order valence-electron chi connectivity index (χ4n) is 3.38. The van der Waals surface area contributed by atoms with Crippen molar-refractivity contribution in [2.24, 2.45) is 0 Å². The van der Waals surface area contributed by atoms with Gasteiger partial charge in [-0.05, 0) is 49.8 Å². The number of nitrogens with zero attached hydrogens (tertiary/aromatic N) is 4. The summed E-state index contributed by atoms with van der Waals surface area (Å²) in [6.07, 6.45) is 3.61. The van der Waals surface area contributed by atoms with Crippen LogP contribution in [0.4, 0.5) is 5.95 Å². The van der Waals surface area contributed by atoms with Gasteiger partial charge in [-0.2, -0.15) is 0 Å². The van der Waals surface area contributed by atoms with Crippen molar-refractivity contribution >= 4 is 35.0 Å². The Hall–Kier alpha value is -2.32. The molecule has 3 aromatic rings. The van der Waals surface area contributed by atoms with Gasteiger partial charge < -0.3 is 10.2 Å². The molecule has 0 spiro atoms. The molecule has 1 unspecified atom stereocenters. The zero-order valence-corrected chi connectivity index (χ0v) is 18.1. The number of thioether (sulfide) groups is 1. The number of para-hydroxylation sites is 1. The SMILES string of the molecule is CC(Sc1nnc(N2CCCCC2)n1-c1ccccc1)C(=O)NCc1cccs1. The lowest BCUT2D eigenvalue weighted by molar-refractivity contribution is -0.120. The lowest BCUT2D eigenvalue weighted by Gasteiger charge is -2.28. The third-order valence-corrected chi connectivity index (χ3v) is 6.86. The Morgan fingerprint density at radius 3 is 2.66 bits per heavy atom. The van der Waals surface area contributed by atoms with Crippen LogP contribution < -0.4 is 10.2 Å². The standard InChI is InChI=1S/C21H25N5OS2/c1-16(19(27)22-15-18-11-8-14-28-18)29-21-24-23-20(25-12-6-3-7-13-25)26(21)17-9-4-2-5-10-17/h2,4-5,8-11,14,16H,3,6-7,12-13,15H2,1H3,(H,22,27). The Labute approximate surface area is 179 Å². The van der Waals surface area contributed by atoms with Gasteiger partial charge in [0.15, 0.2) is 5.16 Å². The van der Waals surface area contributed by atoms with Crippen molar-refractivity contribution in [3.8, 4) is 5.69 Å². The van der Waals surface area contributed by atoms with E-state index in [1.54, 1.807) is 11.3 Å². The summed E-state index contributed by atoms with van der Waals surface area (Å²) >= 11 is 3.10. The highest BCUT2D eigenvalue weighted by Gasteiger charge is 2.24. The number of rotatable bonds is 7. The first-order valence-electron chi connectivity index (χ1n) is 9.95. The van der Waals surface area contributed by atoms with Crippen LogP contribution in [0.3, 0.4) is 0 Å². The number of carbonyl (C=O) groups is 1. The summed E-state index contributed by atoms with van der Waals surface area (Å²) in [6.45, 7) is 4.46. The molecule has 2 aromatic heterocycles. The Balaban J connectivity index is 1.53. The monoisotopic (exact) mass is 427 g/mol. The molecule has 1 N–H and O–H groups in total. The number of aromatic nitrogens is 3. The molecule has 0 bridgehead atoms. The van der Waals surface area contributed by atoms with Gasteiger partial charge in [0, 0.05) is 18.0 Å². The molecular weight excluding hydrogens is 402 g/mol. The Morgan fingerprint density at radius 2 is 1.93 bits per heavy atom. The molecule has 3 heterocycles. The maximum atomic E-state index is 12.6. The summed E-state index contributed by atoms with van der Waals surface area (Å²) in [7, 11) is 0. The van der Waals surface area contributed by atoms with Crippen LogP contribution >= 0.6 is 23.1 Å². The molecule has 0 radical (unpaired) electrons. The second-order valence-corrected chi connectivity index (χ2v) is 9.40. The molecule has 4 rings (SSSR count). The molecule has 29 heavy (non-hydrogen) atoms. The predicted molar refractivity (Wildman–Crippen MR) is 119 cm³/mol. The summed E-state index contributed by atoms with van der Waals surface area (Å²) in [5, 5.41) is 14.5. The van der Waals surface area contributed by atoms with Crippen LogP contribution in [0.2, 0.25) is 0 Å². The van der Waals surface area contributed by atoms with Crippen LogP contribution in [0.5, 0.6) is 0 Å². The molecule has 1 fully saturated rings. The summed E-state index contributed by atoms with van der Waals surface area (Å²) in [6, 6.07) is 14.2. The van der Waals surface area contributed by atoms with E-state index in [4.69, 9.17) is 0 Å². The third kappa shape index (κ3) is 4.82. The zero-order valence-electron chi connectivity index (χ0n) is 16.5. The van der Waals surface area contributed by atoms with E-state index >= 15 is 0 Å². The van der Waals surface area contributed by atoms with Gasteiger partial charge in [0.05, 0.1) is 17.5 Å². The molecule has 0 aliphatic carbocycles. The molecule has 0 saturated carbocycles. The minimum Gasteiger partial charge on any atom is -0.350 e. The topological polar surface area (TPSA) is 63.1 Å². The van der Waals surface area contributed by atoms with E-state index in [1.165, 1.54) is 31.0 Å². The van der Waals surface area contributed by atoms with Crippen molar-refractivity contribution < 1.29 is 4.79 Å². The normalized spacial score (nSPS) is 15.3. The van der Waals surface area contributed by atoms with Gasteiger partial charge in [-0.25, -0.2) is 0 Å². The van der Waals surface area contributed by atoms with Crippen molar-refractivity contribution in [2.45, 2.75) is 43.1 Å². The number of piperidine rings is 1. The molecule has 1 aliphatic rings. The van der Waals surface area contributed by atoms with Crippen LogP contribution in [0, 0.1) is 0 Å². The predicted octanol–water partition coefficient (Wildman–Crippen LogP) is 4.12. The number of benzene rings is 1. The van der Waals surface area contributed by atoms with Crippen molar-refractivity contribution in [3.05, 3.63) is 52.7 Å². The summed E-state index contributed by atoms with van der Waals surface area (Å²) in [4.78, 5) is 16.1. The number of hydrogen-bond acceptors (Lipinski definition) is 6. The molecule has 8 heteroatoms. The fourth-order valence-corrected chi connectivity index (χ4v) is 4.91. The smallest absolute Gasteiger partial charge is 0.233 e. The van der Waals surface area contributed by atoms with Crippen molar-refractivity contribution in [2.75, 3.05) is 18.0 Å². The van der Waals surface area contributed by atoms with Gasteiger partial charge in [-0.15, -0.1) is 21.5 Å². The Bertz CT molecular complexity index is 920. The lowest BCUT2D eigenvalue weighted by Crippen LogP contribution is -2.32. The minimum absolute atomic E-state index is 0.00512. The molecule has 1 saturated heterocycles. The molecular formula is C21H25N5OS2. The van der Waals surface area contributed by atoms with Crippen LogP contribution in [0.25, 0.3) is 5.69 Å². The molecule has 1 aromatic carbocycles. The summed E-state index contributed by atoms with van der Waals surface area (Å²) in [5.41, 5.74) is 1.02. The van der Waals surface area contributed by atoms with E-state index in [9.17, 15) is 4.79 Å². The number of thiophene rings is 1. The molecule has 1 aliphatic heterocycles. The van der Waals surface area contributed by atoms with Crippen LogP contribution in [-0.2, 0) is 11.3 Å². The maximum Gasteiger partial charge on any atom is 0.233 e. The first-order valence-corrected chi connectivity index (χ1v) is 11.7. The number of nitrogens with one attached hydrogen (secondary N) is 1. The highest BCUT2D eigenvalue weighted by Crippen LogP contribution is 2.30. The van der Waals surface area contributed by atoms with Gasteiger partial charge in [0.2, 0.25) is 11.9 Å². The highest BCUT2D eigenvalue weighted by atomic mass is 32.2. The molecule has 1 amide bonds. The second kappa shape index (κ2) is 9.45. The summed E-state index contributed by atoms with van der Waals surface area (Å²) < 4.78 is 2.08. The third-order valence-electron chi connectivity index (χ3n) is 4.94. The quantitative estimate of drug-likeness (QED) is 0.575. The first kappa shape index (κ1) is 20.0. The van der Waals surface area contributed by atoms with Gasteiger partial charge >= 0.3 is 0 Å². The van der Waals surface area contributed by atoms with E-state index < -0.39 is 0 Å². The van der Waals surface area contributed by atoms with Gasteiger partial charge in [-0.3, -0.25) is 9.36 Å². The number of hydrogen-bond donors (Lipinski definition) is 1. The van der Waals surface area contributed by atoms with Crippen molar-refractivity contribution in [3.63, 3.8) is 0 Å². The van der Waals surface area contributed by atoms with Gasteiger partial charge in [0.25, 0.3) is 0 Å². The molecule has 1 atom stereocenters. The van der Waals surface area contributed by atoms with E-state index in [2.05, 4.69) is 37.1 Å². The first-order chi connectivity index (χ1) is 14.2. The number of amides is 1. The average molecular weight is 428 g/mol. The maximum absolute atomic E-state index is 12.6. The molecule has 6 nitrogen and oxygen atoms in total. The highest BCUT2D eigenvalue weighted by molar-refractivity contribution is 8.00. The van der Waals surface area contributed by atoms with Gasteiger partial charge in [-0.1, -0.05) is 36.0 Å². The van der Waals surface area contributed by atoms with Crippen molar-refractivity contribution in [1.82, 2.24) is 20.1 Å². The van der Waals surface area contributed by atoms with Crippen LogP contribution in [0.15, 0.2) is 53.0 Å². The van der Waals surface area contributed by atoms with E-state index in [0.717, 1.165) is 34.8 Å².